The maximum absolute atomic E-state index is 11.1. The van der Waals surface area contributed by atoms with Crippen LogP contribution in [0.2, 0.25) is 0 Å². The largest absolute Gasteiger partial charge is 0.365 e. The number of hydrogen-bond acceptors (Lipinski definition) is 4. The highest BCUT2D eigenvalue weighted by atomic mass is 16.6. The van der Waals surface area contributed by atoms with Crippen LogP contribution in [0.25, 0.3) is 0 Å². The van der Waals surface area contributed by atoms with Gasteiger partial charge in [0.2, 0.25) is 0 Å². The van der Waals surface area contributed by atoms with Gasteiger partial charge in [0.05, 0.1) is 10.5 Å². The predicted octanol–water partition coefficient (Wildman–Crippen LogP) is 2.87. The Morgan fingerprint density at radius 3 is 2.75 bits per heavy atom. The van der Waals surface area contributed by atoms with Crippen LogP contribution in [-0.4, -0.2) is 30.1 Å². The number of nitro benzene ring substituents is 1. The number of piperazine rings is 1. The zero-order valence-electron chi connectivity index (χ0n) is 12.4. The molecule has 1 N–H and O–H groups in total. The van der Waals surface area contributed by atoms with Gasteiger partial charge in [-0.1, -0.05) is 19.9 Å². The molecule has 1 aromatic rings. The maximum Gasteiger partial charge on any atom is 0.274 e. The second-order valence-corrected chi connectivity index (χ2v) is 5.41. The third kappa shape index (κ3) is 2.77. The lowest BCUT2D eigenvalue weighted by atomic mass is 10.0. The zero-order valence-corrected chi connectivity index (χ0v) is 12.4. The van der Waals surface area contributed by atoms with Crippen molar-refractivity contribution >= 4 is 11.4 Å². The van der Waals surface area contributed by atoms with Crippen LogP contribution < -0.4 is 10.2 Å². The first-order chi connectivity index (χ1) is 9.58. The summed E-state index contributed by atoms with van der Waals surface area (Å²) in [6, 6.07) is 6.23. The van der Waals surface area contributed by atoms with Crippen LogP contribution in [0, 0.1) is 17.0 Å². The molecule has 5 heteroatoms. The van der Waals surface area contributed by atoms with Gasteiger partial charge >= 0.3 is 0 Å². The smallest absolute Gasteiger partial charge is 0.274 e. The van der Waals surface area contributed by atoms with Crippen LogP contribution in [0.3, 0.4) is 0 Å². The molecule has 0 aromatic heterocycles. The van der Waals surface area contributed by atoms with E-state index >= 15 is 0 Å². The van der Waals surface area contributed by atoms with E-state index in [1.165, 1.54) is 0 Å². The summed E-state index contributed by atoms with van der Waals surface area (Å²) in [5.74, 6) is 0. The quantitative estimate of drug-likeness (QED) is 0.679. The van der Waals surface area contributed by atoms with Gasteiger partial charge in [-0.2, -0.15) is 0 Å². The normalized spacial score (nSPS) is 22.9. The van der Waals surface area contributed by atoms with Gasteiger partial charge < -0.3 is 10.2 Å². The van der Waals surface area contributed by atoms with E-state index < -0.39 is 0 Å². The summed E-state index contributed by atoms with van der Waals surface area (Å²) < 4.78 is 0. The predicted molar refractivity (Wildman–Crippen MR) is 81.3 cm³/mol. The fourth-order valence-electron chi connectivity index (χ4n) is 2.92. The Hall–Kier alpha value is -1.62. The van der Waals surface area contributed by atoms with E-state index in [1.54, 1.807) is 12.1 Å². The summed E-state index contributed by atoms with van der Waals surface area (Å²) in [4.78, 5) is 13.2. The average Bonchev–Trinajstić information content (AvgIpc) is 2.46. The Labute approximate surface area is 120 Å². The minimum absolute atomic E-state index is 0.212. The van der Waals surface area contributed by atoms with E-state index in [-0.39, 0.29) is 10.6 Å². The minimum atomic E-state index is -0.292. The van der Waals surface area contributed by atoms with Gasteiger partial charge in [-0.15, -0.1) is 0 Å². The van der Waals surface area contributed by atoms with Crippen molar-refractivity contribution in [3.63, 3.8) is 0 Å². The van der Waals surface area contributed by atoms with E-state index in [0.29, 0.717) is 12.1 Å². The van der Waals surface area contributed by atoms with Crippen molar-refractivity contribution in [1.82, 2.24) is 5.32 Å². The number of nitrogens with one attached hydrogen (secondary N) is 1. The van der Waals surface area contributed by atoms with Crippen LogP contribution in [0.5, 0.6) is 0 Å². The number of anilines is 1. The lowest BCUT2D eigenvalue weighted by molar-refractivity contribution is -0.385. The summed E-state index contributed by atoms with van der Waals surface area (Å²) in [7, 11) is 0. The first kappa shape index (κ1) is 14.8. The zero-order chi connectivity index (χ0) is 14.7. The van der Waals surface area contributed by atoms with Gasteiger partial charge in [0.15, 0.2) is 0 Å². The van der Waals surface area contributed by atoms with Gasteiger partial charge in [-0.3, -0.25) is 10.1 Å². The minimum Gasteiger partial charge on any atom is -0.365 e. The molecule has 5 nitrogen and oxygen atoms in total. The standard InChI is InChI=1S/C15H23N3O2/c1-4-12-10-17(13(5-2)9-16-12)14-7-6-8-15(11(14)3)18(19)20/h6-8,12-13,16H,4-5,9-10H2,1-3H3. The second kappa shape index (κ2) is 6.22. The van der Waals surface area contributed by atoms with E-state index in [0.717, 1.165) is 37.2 Å². The molecule has 0 spiro atoms. The topological polar surface area (TPSA) is 58.4 Å². The monoisotopic (exact) mass is 277 g/mol. The molecule has 1 fully saturated rings. The molecule has 2 rings (SSSR count). The lowest BCUT2D eigenvalue weighted by Gasteiger charge is -2.42. The summed E-state index contributed by atoms with van der Waals surface area (Å²) in [5.41, 5.74) is 1.99. The fourth-order valence-corrected chi connectivity index (χ4v) is 2.92. The van der Waals surface area contributed by atoms with Gasteiger partial charge in [-0.05, 0) is 25.8 Å². The lowest BCUT2D eigenvalue weighted by Crippen LogP contribution is -2.56. The van der Waals surface area contributed by atoms with Crippen LogP contribution in [0.15, 0.2) is 18.2 Å². The van der Waals surface area contributed by atoms with Gasteiger partial charge in [0, 0.05) is 36.9 Å². The molecule has 0 amide bonds. The SMILES string of the molecule is CCC1CN(c2cccc([N+](=O)[O-])c2C)C(CC)CN1. The molecule has 20 heavy (non-hydrogen) atoms. The molecule has 0 radical (unpaired) electrons. The Morgan fingerprint density at radius 1 is 1.40 bits per heavy atom. The Kier molecular flexibility index (Phi) is 4.60. The number of nitrogens with zero attached hydrogens (tertiary/aromatic N) is 2. The Morgan fingerprint density at radius 2 is 2.15 bits per heavy atom. The van der Waals surface area contributed by atoms with Crippen molar-refractivity contribution in [1.29, 1.82) is 0 Å². The molecule has 1 aliphatic heterocycles. The van der Waals surface area contributed by atoms with Crippen molar-refractivity contribution in [2.45, 2.75) is 45.7 Å². The fraction of sp³-hybridized carbons (Fsp3) is 0.600. The number of rotatable bonds is 4. The average molecular weight is 277 g/mol. The van der Waals surface area contributed by atoms with Crippen molar-refractivity contribution in [2.75, 3.05) is 18.0 Å². The highest BCUT2D eigenvalue weighted by Gasteiger charge is 2.28. The van der Waals surface area contributed by atoms with Crippen molar-refractivity contribution < 1.29 is 4.92 Å². The van der Waals surface area contributed by atoms with Crippen molar-refractivity contribution in [3.8, 4) is 0 Å². The second-order valence-electron chi connectivity index (χ2n) is 5.41. The number of nitro groups is 1. The molecule has 1 aromatic carbocycles. The molecule has 1 aliphatic rings. The summed E-state index contributed by atoms with van der Waals surface area (Å²) in [6.45, 7) is 8.04. The molecule has 110 valence electrons. The van der Waals surface area contributed by atoms with E-state index in [1.807, 2.05) is 13.0 Å². The van der Waals surface area contributed by atoms with Crippen molar-refractivity contribution in [3.05, 3.63) is 33.9 Å². The van der Waals surface area contributed by atoms with Crippen LogP contribution in [0.1, 0.15) is 32.3 Å². The highest BCUT2D eigenvalue weighted by molar-refractivity contribution is 5.62. The van der Waals surface area contributed by atoms with Crippen LogP contribution >= 0.6 is 0 Å². The van der Waals surface area contributed by atoms with Gasteiger partial charge in [0.1, 0.15) is 0 Å². The molecule has 2 atom stereocenters. The molecular formula is C15H23N3O2. The van der Waals surface area contributed by atoms with E-state index in [4.69, 9.17) is 0 Å². The van der Waals surface area contributed by atoms with Gasteiger partial charge in [-0.25, -0.2) is 0 Å². The molecule has 0 aliphatic carbocycles. The Balaban J connectivity index is 2.36. The summed E-state index contributed by atoms with van der Waals surface area (Å²) >= 11 is 0. The molecular weight excluding hydrogens is 254 g/mol. The highest BCUT2D eigenvalue weighted by Crippen LogP contribution is 2.31. The third-order valence-corrected chi connectivity index (χ3v) is 4.25. The van der Waals surface area contributed by atoms with E-state index in [9.17, 15) is 10.1 Å². The number of benzene rings is 1. The number of hydrogen-bond donors (Lipinski definition) is 1. The molecule has 1 saturated heterocycles. The van der Waals surface area contributed by atoms with E-state index in [2.05, 4.69) is 24.1 Å². The van der Waals surface area contributed by atoms with Crippen LogP contribution in [0.4, 0.5) is 11.4 Å². The van der Waals surface area contributed by atoms with Crippen LogP contribution in [-0.2, 0) is 0 Å². The third-order valence-electron chi connectivity index (χ3n) is 4.25. The molecule has 2 unspecified atom stereocenters. The van der Waals surface area contributed by atoms with Crippen molar-refractivity contribution in [2.24, 2.45) is 0 Å². The summed E-state index contributed by atoms with van der Waals surface area (Å²) in [6.07, 6.45) is 2.10. The molecule has 0 bridgehead atoms. The molecule has 0 saturated carbocycles. The van der Waals surface area contributed by atoms with Gasteiger partial charge in [0.25, 0.3) is 5.69 Å². The summed E-state index contributed by atoms with van der Waals surface area (Å²) in [5, 5.41) is 14.7. The first-order valence-corrected chi connectivity index (χ1v) is 7.32. The molecule has 1 heterocycles. The Bertz CT molecular complexity index is 490. The first-order valence-electron chi connectivity index (χ1n) is 7.32. The maximum atomic E-state index is 11.1.